The zero-order valence-electron chi connectivity index (χ0n) is 13.0. The number of pyridine rings is 1. The van der Waals surface area contributed by atoms with Crippen molar-refractivity contribution in [3.8, 4) is 5.75 Å². The van der Waals surface area contributed by atoms with E-state index in [9.17, 15) is 0 Å². The maximum atomic E-state index is 5.38. The molecule has 2 aromatic heterocycles. The molecule has 4 rings (SSSR count). The summed E-state index contributed by atoms with van der Waals surface area (Å²) < 4.78 is 5.38. The molecule has 1 atom stereocenters. The first-order chi connectivity index (χ1) is 11.3. The molecule has 1 aromatic carbocycles. The molecular weight excluding hydrogens is 288 g/mol. The minimum atomic E-state index is 0.217. The van der Waals surface area contributed by atoms with E-state index in [-0.39, 0.29) is 6.04 Å². The molecule has 3 aromatic rings. The van der Waals surface area contributed by atoms with Gasteiger partial charge in [0.25, 0.3) is 0 Å². The van der Waals surface area contributed by atoms with E-state index in [1.54, 1.807) is 19.6 Å². The Morgan fingerprint density at radius 3 is 3.04 bits per heavy atom. The molecule has 0 saturated heterocycles. The molecule has 1 aliphatic rings. The van der Waals surface area contributed by atoms with Gasteiger partial charge in [0, 0.05) is 6.20 Å². The van der Waals surface area contributed by atoms with Gasteiger partial charge in [0.1, 0.15) is 17.6 Å². The van der Waals surface area contributed by atoms with Crippen LogP contribution in [-0.2, 0) is 6.42 Å². The van der Waals surface area contributed by atoms with E-state index in [4.69, 9.17) is 4.74 Å². The Hall–Kier alpha value is -2.69. The first-order valence-electron chi connectivity index (χ1n) is 7.84. The summed E-state index contributed by atoms with van der Waals surface area (Å²) in [5, 5.41) is 3.56. The Labute approximate surface area is 134 Å². The third-order valence-electron chi connectivity index (χ3n) is 4.37. The van der Waals surface area contributed by atoms with Gasteiger partial charge in [-0.15, -0.1) is 0 Å². The van der Waals surface area contributed by atoms with Gasteiger partial charge in [0.2, 0.25) is 0 Å². The van der Waals surface area contributed by atoms with Crippen molar-refractivity contribution < 1.29 is 4.74 Å². The lowest BCUT2D eigenvalue weighted by Crippen LogP contribution is -2.18. The Morgan fingerprint density at radius 2 is 2.13 bits per heavy atom. The van der Waals surface area contributed by atoms with Gasteiger partial charge < -0.3 is 10.1 Å². The Kier molecular flexibility index (Phi) is 3.54. The molecule has 0 saturated carbocycles. The van der Waals surface area contributed by atoms with Crippen molar-refractivity contribution in [1.29, 1.82) is 0 Å². The van der Waals surface area contributed by atoms with Crippen LogP contribution in [0.5, 0.6) is 5.75 Å². The highest BCUT2D eigenvalue weighted by molar-refractivity contribution is 5.84. The number of aromatic nitrogens is 3. The highest BCUT2D eigenvalue weighted by Crippen LogP contribution is 2.35. The molecule has 0 fully saturated rings. The van der Waals surface area contributed by atoms with E-state index >= 15 is 0 Å². The number of anilines is 1. The number of aryl methyl sites for hydroxylation is 1. The lowest BCUT2D eigenvalue weighted by atomic mass is 9.87. The van der Waals surface area contributed by atoms with Crippen LogP contribution in [0.25, 0.3) is 11.0 Å². The van der Waals surface area contributed by atoms with E-state index in [2.05, 4.69) is 32.4 Å². The van der Waals surface area contributed by atoms with Gasteiger partial charge in [-0.2, -0.15) is 0 Å². The molecule has 0 aliphatic heterocycles. The molecule has 1 unspecified atom stereocenters. The summed E-state index contributed by atoms with van der Waals surface area (Å²) >= 11 is 0. The largest absolute Gasteiger partial charge is 0.497 e. The lowest BCUT2D eigenvalue weighted by Gasteiger charge is -2.27. The summed E-state index contributed by atoms with van der Waals surface area (Å²) in [5.74, 6) is 1.68. The van der Waals surface area contributed by atoms with Gasteiger partial charge in [-0.1, -0.05) is 6.07 Å². The molecule has 0 radical (unpaired) electrons. The van der Waals surface area contributed by atoms with E-state index in [0.717, 1.165) is 41.9 Å². The van der Waals surface area contributed by atoms with Crippen molar-refractivity contribution in [3.05, 3.63) is 54.0 Å². The zero-order chi connectivity index (χ0) is 15.6. The minimum Gasteiger partial charge on any atom is -0.497 e. The van der Waals surface area contributed by atoms with E-state index in [0.29, 0.717) is 0 Å². The van der Waals surface area contributed by atoms with Crippen LogP contribution in [0.15, 0.2) is 42.9 Å². The molecule has 116 valence electrons. The van der Waals surface area contributed by atoms with Gasteiger partial charge in [0.05, 0.1) is 18.7 Å². The molecule has 0 spiro atoms. The van der Waals surface area contributed by atoms with Crippen LogP contribution in [0.4, 0.5) is 5.82 Å². The van der Waals surface area contributed by atoms with E-state index in [1.807, 2.05) is 18.2 Å². The van der Waals surface area contributed by atoms with Crippen LogP contribution >= 0.6 is 0 Å². The van der Waals surface area contributed by atoms with E-state index < -0.39 is 0 Å². The van der Waals surface area contributed by atoms with Gasteiger partial charge in [-0.3, -0.25) is 4.98 Å². The van der Waals surface area contributed by atoms with Gasteiger partial charge in [0.15, 0.2) is 5.82 Å². The van der Waals surface area contributed by atoms with Crippen molar-refractivity contribution in [2.24, 2.45) is 0 Å². The highest BCUT2D eigenvalue weighted by atomic mass is 16.5. The van der Waals surface area contributed by atoms with Crippen LogP contribution in [0.3, 0.4) is 0 Å². The first kappa shape index (κ1) is 13.9. The number of nitrogens with zero attached hydrogens (tertiary/aromatic N) is 3. The number of nitrogens with one attached hydrogen (secondary N) is 1. The summed E-state index contributed by atoms with van der Waals surface area (Å²) in [6, 6.07) is 10.4. The first-order valence-corrected chi connectivity index (χ1v) is 7.84. The molecule has 0 amide bonds. The minimum absolute atomic E-state index is 0.217. The van der Waals surface area contributed by atoms with Crippen LogP contribution in [0, 0.1) is 0 Å². The Bertz CT molecular complexity index is 844. The number of ether oxygens (including phenoxy) is 1. The molecule has 1 N–H and O–H groups in total. The zero-order valence-corrected chi connectivity index (χ0v) is 13.0. The molecule has 23 heavy (non-hydrogen) atoms. The fraction of sp³-hybridized carbons (Fsp3) is 0.278. The third-order valence-corrected chi connectivity index (χ3v) is 4.37. The fourth-order valence-corrected chi connectivity index (χ4v) is 3.22. The Balaban J connectivity index is 1.72. The average Bonchev–Trinajstić information content (AvgIpc) is 2.62. The van der Waals surface area contributed by atoms with Crippen LogP contribution in [0.1, 0.15) is 30.0 Å². The predicted molar refractivity (Wildman–Crippen MR) is 89.6 cm³/mol. The number of hydrogen-bond acceptors (Lipinski definition) is 5. The van der Waals surface area contributed by atoms with Crippen LogP contribution < -0.4 is 10.1 Å². The van der Waals surface area contributed by atoms with Gasteiger partial charge >= 0.3 is 0 Å². The van der Waals surface area contributed by atoms with Crippen molar-refractivity contribution in [3.63, 3.8) is 0 Å². The van der Waals surface area contributed by atoms with Crippen molar-refractivity contribution >= 4 is 16.9 Å². The summed E-state index contributed by atoms with van der Waals surface area (Å²) in [5.41, 5.74) is 4.33. The van der Waals surface area contributed by atoms with Crippen LogP contribution in [-0.4, -0.2) is 22.1 Å². The lowest BCUT2D eigenvalue weighted by molar-refractivity contribution is 0.413. The molecule has 2 heterocycles. The van der Waals surface area contributed by atoms with Crippen molar-refractivity contribution in [2.75, 3.05) is 12.4 Å². The second-order valence-corrected chi connectivity index (χ2v) is 5.75. The standard InChI is InChI=1S/C18H18N4O/c1-23-13-8-7-12-4-2-5-15(14(12)10-13)22-18-17-16(20-11-21-18)6-3-9-19-17/h3,6-11,15H,2,4-5H2,1H3,(H,20,21,22). The predicted octanol–water partition coefficient (Wildman–Crippen LogP) is 3.52. The monoisotopic (exact) mass is 306 g/mol. The number of benzene rings is 1. The van der Waals surface area contributed by atoms with E-state index in [1.165, 1.54) is 11.1 Å². The molecule has 0 bridgehead atoms. The van der Waals surface area contributed by atoms with Gasteiger partial charge in [-0.25, -0.2) is 9.97 Å². The van der Waals surface area contributed by atoms with Gasteiger partial charge in [-0.05, 0) is 54.7 Å². The normalized spacial score (nSPS) is 16.8. The number of rotatable bonds is 3. The number of fused-ring (bicyclic) bond motifs is 2. The smallest absolute Gasteiger partial charge is 0.156 e. The maximum Gasteiger partial charge on any atom is 0.156 e. The third kappa shape index (κ3) is 2.59. The molecule has 1 aliphatic carbocycles. The quantitative estimate of drug-likeness (QED) is 0.802. The summed E-state index contributed by atoms with van der Waals surface area (Å²) in [6.45, 7) is 0. The summed E-state index contributed by atoms with van der Waals surface area (Å²) in [4.78, 5) is 13.1. The molecule has 5 heteroatoms. The summed E-state index contributed by atoms with van der Waals surface area (Å²) in [7, 11) is 1.70. The van der Waals surface area contributed by atoms with Crippen LogP contribution in [0.2, 0.25) is 0 Å². The Morgan fingerprint density at radius 1 is 1.17 bits per heavy atom. The number of methoxy groups -OCH3 is 1. The van der Waals surface area contributed by atoms with Crippen molar-refractivity contribution in [2.45, 2.75) is 25.3 Å². The SMILES string of the molecule is COc1ccc2c(c1)C(Nc1ncnc3cccnc13)CCC2. The highest BCUT2D eigenvalue weighted by Gasteiger charge is 2.22. The molecule has 5 nitrogen and oxygen atoms in total. The topological polar surface area (TPSA) is 59.9 Å². The summed E-state index contributed by atoms with van der Waals surface area (Å²) in [6.07, 6.45) is 6.70. The second kappa shape index (κ2) is 5.83. The maximum absolute atomic E-state index is 5.38. The second-order valence-electron chi connectivity index (χ2n) is 5.75. The fourth-order valence-electron chi connectivity index (χ4n) is 3.22. The molecular formula is C18H18N4O. The number of hydrogen-bond donors (Lipinski definition) is 1. The average molecular weight is 306 g/mol. The van der Waals surface area contributed by atoms with Crippen molar-refractivity contribution in [1.82, 2.24) is 15.0 Å².